The second-order valence-corrected chi connectivity index (χ2v) is 6.75. The van der Waals surface area contributed by atoms with E-state index < -0.39 is 14.2 Å². The zero-order valence-electron chi connectivity index (χ0n) is 14.4. The van der Waals surface area contributed by atoms with Gasteiger partial charge in [-0.25, -0.2) is 0 Å². The Hall–Kier alpha value is -1.25. The van der Waals surface area contributed by atoms with Gasteiger partial charge in [0, 0.05) is 0 Å². The van der Waals surface area contributed by atoms with E-state index in [0.29, 0.717) is 0 Å². The summed E-state index contributed by atoms with van der Waals surface area (Å²) in [4.78, 5) is 19.6. The van der Waals surface area contributed by atoms with Gasteiger partial charge in [-0.2, -0.15) is 0 Å². The molecule has 0 aliphatic heterocycles. The number of benzene rings is 2. The minimum Gasteiger partial charge on any atom is -0.328 e. The lowest BCUT2D eigenvalue weighted by Gasteiger charge is -2.41. The Morgan fingerprint density at radius 2 is 1.42 bits per heavy atom. The summed E-state index contributed by atoms with van der Waals surface area (Å²) in [6.45, 7) is 4.31. The van der Waals surface area contributed by atoms with Crippen LogP contribution in [0, 0.1) is 5.92 Å². The van der Waals surface area contributed by atoms with E-state index in [1.54, 1.807) is 0 Å². The van der Waals surface area contributed by atoms with Crippen LogP contribution in [0.1, 0.15) is 50.7 Å². The van der Waals surface area contributed by atoms with Crippen LogP contribution in [0.2, 0.25) is 0 Å². The summed E-state index contributed by atoms with van der Waals surface area (Å²) in [7, 11) is -2.49. The Balaban J connectivity index is 2.63. The Morgan fingerprint density at radius 1 is 0.917 bits per heavy atom. The molecular weight excluding hydrogens is 319 g/mol. The molecule has 2 rings (SSSR count). The van der Waals surface area contributed by atoms with Crippen LogP contribution in [-0.4, -0.2) is 9.79 Å². The summed E-state index contributed by atoms with van der Waals surface area (Å²) in [6, 6.07) is 19.9. The van der Waals surface area contributed by atoms with E-state index in [1.807, 2.05) is 60.7 Å². The van der Waals surface area contributed by atoms with Crippen molar-refractivity contribution in [1.29, 1.82) is 0 Å². The van der Waals surface area contributed by atoms with Crippen molar-refractivity contribution in [1.82, 2.24) is 0 Å². The third-order valence-corrected chi connectivity index (χ3v) is 5.06. The smallest absolute Gasteiger partial charge is 0.328 e. The van der Waals surface area contributed by atoms with Crippen LogP contribution < -0.4 is 0 Å². The van der Waals surface area contributed by atoms with E-state index in [9.17, 15) is 9.79 Å². The molecule has 24 heavy (non-hydrogen) atoms. The molecule has 0 aromatic heterocycles. The highest BCUT2D eigenvalue weighted by Crippen LogP contribution is 2.50. The lowest BCUT2D eigenvalue weighted by Crippen LogP contribution is -2.38. The molecule has 0 saturated carbocycles. The first-order chi connectivity index (χ1) is 11.6. The molecule has 0 aliphatic carbocycles. The topological polar surface area (TPSA) is 49.7 Å². The zero-order chi connectivity index (χ0) is 17.4. The highest BCUT2D eigenvalue weighted by Gasteiger charge is 2.44. The zero-order valence-corrected chi connectivity index (χ0v) is 15.3. The maximum absolute atomic E-state index is 9.78. The number of unbranched alkanes of at least 4 members (excludes halogenated alkanes) is 1. The summed E-state index contributed by atoms with van der Waals surface area (Å²) in [6.07, 6.45) is 4.05. The van der Waals surface area contributed by atoms with Gasteiger partial charge in [-0.15, -0.1) is 0 Å². The van der Waals surface area contributed by atoms with Crippen LogP contribution in [0.25, 0.3) is 0 Å². The maximum Gasteiger partial charge on any atom is 0.328 e. The van der Waals surface area contributed by atoms with Crippen molar-refractivity contribution in [3.8, 4) is 0 Å². The first-order valence-corrected chi connectivity index (χ1v) is 9.79. The van der Waals surface area contributed by atoms with E-state index in [2.05, 4.69) is 13.8 Å². The second-order valence-electron chi connectivity index (χ2n) is 6.06. The van der Waals surface area contributed by atoms with Crippen LogP contribution in [0.4, 0.5) is 0 Å². The first-order valence-electron chi connectivity index (χ1n) is 8.63. The van der Waals surface area contributed by atoms with Crippen molar-refractivity contribution in [2.24, 2.45) is 5.92 Å². The van der Waals surface area contributed by atoms with Crippen molar-refractivity contribution in [2.45, 2.75) is 45.1 Å². The number of hydrogen-bond acceptors (Lipinski definition) is 3. The van der Waals surface area contributed by atoms with E-state index in [0.717, 1.165) is 36.8 Å². The predicted molar refractivity (Wildman–Crippen MR) is 99.4 cm³/mol. The Morgan fingerprint density at radius 3 is 1.79 bits per heavy atom. The van der Waals surface area contributed by atoms with E-state index in [-0.39, 0.29) is 5.92 Å². The summed E-state index contributed by atoms with van der Waals surface area (Å²) < 4.78 is 5.94. The molecule has 4 heteroatoms. The average molecular weight is 346 g/mol. The normalized spacial score (nSPS) is 13.2. The summed E-state index contributed by atoms with van der Waals surface area (Å²) in [5.74, 6) is 0.159. The highest BCUT2D eigenvalue weighted by molar-refractivity contribution is 7.39. The van der Waals surface area contributed by atoms with E-state index in [1.165, 1.54) is 0 Å². The molecule has 0 saturated heterocycles. The summed E-state index contributed by atoms with van der Waals surface area (Å²) in [5, 5.41) is 0. The van der Waals surface area contributed by atoms with Crippen molar-refractivity contribution < 1.29 is 14.3 Å². The van der Waals surface area contributed by atoms with Gasteiger partial charge in [-0.3, -0.25) is 4.52 Å². The van der Waals surface area contributed by atoms with Crippen molar-refractivity contribution in [2.75, 3.05) is 0 Å². The molecular formula is C20H27O3P. The quantitative estimate of drug-likeness (QED) is 0.600. The van der Waals surface area contributed by atoms with Gasteiger partial charge in [0.15, 0.2) is 0 Å². The Labute approximate surface area is 146 Å². The standard InChI is InChI=1S/C20H27O3P/c1-3-5-12-17(4-2)20(23-24(21)22,18-13-8-6-9-14-18)19-15-10-7-11-16-19/h6-11,13-17,21-22H,3-5,12H2,1-2H3. The van der Waals surface area contributed by atoms with Crippen LogP contribution in [0.3, 0.4) is 0 Å². The highest BCUT2D eigenvalue weighted by atomic mass is 31.2. The fourth-order valence-electron chi connectivity index (χ4n) is 3.46. The molecule has 0 heterocycles. The molecule has 0 radical (unpaired) electrons. The van der Waals surface area contributed by atoms with Crippen molar-refractivity contribution in [3.05, 3.63) is 71.8 Å². The third kappa shape index (κ3) is 4.23. The second kappa shape index (κ2) is 9.29. The molecule has 130 valence electrons. The molecule has 1 unspecified atom stereocenters. The monoisotopic (exact) mass is 346 g/mol. The molecule has 2 aromatic carbocycles. The number of rotatable bonds is 9. The van der Waals surface area contributed by atoms with Gasteiger partial charge in [0.1, 0.15) is 5.60 Å². The largest absolute Gasteiger partial charge is 0.328 e. The molecule has 2 N–H and O–H groups in total. The molecule has 0 amide bonds. The minimum absolute atomic E-state index is 0.159. The predicted octanol–water partition coefficient (Wildman–Crippen LogP) is 5.37. The van der Waals surface area contributed by atoms with Gasteiger partial charge in [0.05, 0.1) is 0 Å². The minimum atomic E-state index is -2.49. The molecule has 0 spiro atoms. The molecule has 1 atom stereocenters. The molecule has 0 aliphatic rings. The maximum atomic E-state index is 9.78. The molecule has 3 nitrogen and oxygen atoms in total. The van der Waals surface area contributed by atoms with E-state index in [4.69, 9.17) is 4.52 Å². The van der Waals surface area contributed by atoms with Crippen LogP contribution in [0.5, 0.6) is 0 Å². The average Bonchev–Trinajstić information content (AvgIpc) is 2.62. The Bertz CT molecular complexity index is 547. The lowest BCUT2D eigenvalue weighted by atomic mass is 9.73. The summed E-state index contributed by atoms with van der Waals surface area (Å²) >= 11 is 0. The van der Waals surface area contributed by atoms with Gasteiger partial charge in [0.2, 0.25) is 0 Å². The third-order valence-electron chi connectivity index (χ3n) is 4.60. The SMILES string of the molecule is CCCCC(CC)C(OP(O)O)(c1ccccc1)c1ccccc1. The van der Waals surface area contributed by atoms with Crippen LogP contribution in [-0.2, 0) is 10.1 Å². The van der Waals surface area contributed by atoms with Gasteiger partial charge in [-0.05, 0) is 29.9 Å². The summed E-state index contributed by atoms with van der Waals surface area (Å²) in [5.41, 5.74) is 1.09. The molecule has 0 bridgehead atoms. The van der Waals surface area contributed by atoms with Gasteiger partial charge in [0.25, 0.3) is 0 Å². The fraction of sp³-hybridized carbons (Fsp3) is 0.400. The van der Waals surface area contributed by atoms with Crippen LogP contribution in [0.15, 0.2) is 60.7 Å². The van der Waals surface area contributed by atoms with Crippen molar-refractivity contribution >= 4 is 8.60 Å². The lowest BCUT2D eigenvalue weighted by molar-refractivity contribution is 0.0239. The first kappa shape index (κ1) is 19.1. The van der Waals surface area contributed by atoms with Gasteiger partial charge >= 0.3 is 8.60 Å². The van der Waals surface area contributed by atoms with E-state index >= 15 is 0 Å². The fourth-order valence-corrected chi connectivity index (χ4v) is 4.08. The molecule has 2 aromatic rings. The van der Waals surface area contributed by atoms with Crippen molar-refractivity contribution in [3.63, 3.8) is 0 Å². The number of hydrogen-bond donors (Lipinski definition) is 2. The molecule has 0 fully saturated rings. The van der Waals surface area contributed by atoms with Gasteiger partial charge < -0.3 is 9.79 Å². The van der Waals surface area contributed by atoms with Crippen LogP contribution >= 0.6 is 8.60 Å². The van der Waals surface area contributed by atoms with Gasteiger partial charge in [-0.1, -0.05) is 87.4 Å². The Kier molecular flexibility index (Phi) is 7.39.